The van der Waals surface area contributed by atoms with E-state index in [4.69, 9.17) is 4.43 Å². The Morgan fingerprint density at radius 1 is 1.39 bits per heavy atom. The summed E-state index contributed by atoms with van der Waals surface area (Å²) in [4.78, 5) is 0. The molecule has 1 fully saturated rings. The maximum absolute atomic E-state index is 13.0. The van der Waals surface area contributed by atoms with E-state index in [2.05, 4.69) is 26.6 Å². The van der Waals surface area contributed by atoms with Gasteiger partial charge in [0.15, 0.2) is 0 Å². The second kappa shape index (κ2) is 4.82. The Labute approximate surface area is 109 Å². The first-order valence-electron chi connectivity index (χ1n) is 6.24. The number of rotatable bonds is 2. The number of benzene rings is 1. The van der Waals surface area contributed by atoms with Crippen LogP contribution in [-0.2, 0) is 4.43 Å². The molecule has 1 saturated heterocycles. The van der Waals surface area contributed by atoms with Gasteiger partial charge in [-0.1, -0.05) is 24.8 Å². The van der Waals surface area contributed by atoms with E-state index < -0.39 is 8.32 Å². The molecule has 1 aromatic rings. The van der Waals surface area contributed by atoms with E-state index in [0.29, 0.717) is 0 Å². The van der Waals surface area contributed by atoms with Crippen LogP contribution in [0.25, 0.3) is 5.57 Å². The maximum Gasteiger partial charge on any atom is 0.215 e. The maximum atomic E-state index is 13.0. The standard InChI is InChI=1S/C15H19FOSi/c1-5-14(12-6-8-13(16)9-7-12)15-10-11(2)17-18(15,3)4/h5-9,11H,1,10H2,2-4H3/b15-14-. The zero-order chi connectivity index (χ0) is 13.3. The third kappa shape index (κ3) is 2.47. The van der Waals surface area contributed by atoms with Gasteiger partial charge in [-0.3, -0.25) is 0 Å². The highest BCUT2D eigenvalue weighted by atomic mass is 28.4. The molecule has 1 atom stereocenters. The van der Waals surface area contributed by atoms with Crippen molar-refractivity contribution in [2.75, 3.05) is 0 Å². The van der Waals surface area contributed by atoms with Crippen molar-refractivity contribution in [3.8, 4) is 0 Å². The van der Waals surface area contributed by atoms with Crippen LogP contribution in [0.1, 0.15) is 18.9 Å². The van der Waals surface area contributed by atoms with E-state index in [0.717, 1.165) is 17.6 Å². The first-order chi connectivity index (χ1) is 8.44. The molecule has 0 bridgehead atoms. The number of allylic oxidation sites excluding steroid dienone is 2. The molecule has 96 valence electrons. The summed E-state index contributed by atoms with van der Waals surface area (Å²) in [5, 5.41) is 1.37. The van der Waals surface area contributed by atoms with Gasteiger partial charge in [0.05, 0.1) is 0 Å². The van der Waals surface area contributed by atoms with Gasteiger partial charge in [0, 0.05) is 6.10 Å². The van der Waals surface area contributed by atoms with Gasteiger partial charge in [-0.05, 0) is 54.9 Å². The lowest BCUT2D eigenvalue weighted by Gasteiger charge is -2.19. The zero-order valence-electron chi connectivity index (χ0n) is 11.2. The van der Waals surface area contributed by atoms with Gasteiger partial charge in [0.1, 0.15) is 5.82 Å². The Morgan fingerprint density at radius 2 is 2.00 bits per heavy atom. The van der Waals surface area contributed by atoms with Gasteiger partial charge in [-0.2, -0.15) is 0 Å². The van der Waals surface area contributed by atoms with Crippen LogP contribution in [0.3, 0.4) is 0 Å². The normalized spacial score (nSPS) is 25.0. The Morgan fingerprint density at radius 3 is 2.44 bits per heavy atom. The van der Waals surface area contributed by atoms with E-state index >= 15 is 0 Å². The van der Waals surface area contributed by atoms with Crippen LogP contribution in [0.5, 0.6) is 0 Å². The van der Waals surface area contributed by atoms with Crippen LogP contribution in [0, 0.1) is 5.82 Å². The van der Waals surface area contributed by atoms with Crippen molar-refractivity contribution in [2.45, 2.75) is 32.5 Å². The molecule has 0 saturated carbocycles. The van der Waals surface area contributed by atoms with E-state index in [9.17, 15) is 4.39 Å². The summed E-state index contributed by atoms with van der Waals surface area (Å²) < 4.78 is 19.0. The van der Waals surface area contributed by atoms with Crippen LogP contribution in [0.4, 0.5) is 4.39 Å². The predicted molar refractivity (Wildman–Crippen MR) is 76.2 cm³/mol. The average molecular weight is 262 g/mol. The zero-order valence-corrected chi connectivity index (χ0v) is 12.2. The summed E-state index contributed by atoms with van der Waals surface area (Å²) in [5.41, 5.74) is 2.15. The topological polar surface area (TPSA) is 9.23 Å². The minimum atomic E-state index is -1.80. The van der Waals surface area contributed by atoms with E-state index in [1.54, 1.807) is 0 Å². The van der Waals surface area contributed by atoms with Crippen LogP contribution < -0.4 is 0 Å². The van der Waals surface area contributed by atoms with Crippen LogP contribution in [-0.4, -0.2) is 14.4 Å². The van der Waals surface area contributed by atoms with Gasteiger partial charge < -0.3 is 4.43 Å². The summed E-state index contributed by atoms with van der Waals surface area (Å²) in [6.07, 6.45) is 3.11. The Kier molecular flexibility index (Phi) is 3.55. The molecule has 0 aromatic heterocycles. The molecule has 3 heteroatoms. The lowest BCUT2D eigenvalue weighted by Crippen LogP contribution is -2.28. The number of halogens is 1. The van der Waals surface area contributed by atoms with Crippen molar-refractivity contribution >= 4 is 13.9 Å². The fourth-order valence-electron chi connectivity index (χ4n) is 2.63. The van der Waals surface area contributed by atoms with Crippen molar-refractivity contribution in [1.82, 2.24) is 0 Å². The van der Waals surface area contributed by atoms with Gasteiger partial charge in [-0.15, -0.1) is 0 Å². The van der Waals surface area contributed by atoms with Gasteiger partial charge >= 0.3 is 0 Å². The Balaban J connectivity index is 2.50. The molecular weight excluding hydrogens is 243 g/mol. The molecule has 0 N–H and O–H groups in total. The van der Waals surface area contributed by atoms with E-state index in [1.807, 2.05) is 18.2 Å². The molecule has 2 rings (SSSR count). The van der Waals surface area contributed by atoms with Gasteiger partial charge in [0.2, 0.25) is 8.32 Å². The largest absolute Gasteiger partial charge is 0.410 e. The SMILES string of the molecule is C=C/C(=C1\CC(C)O[Si]1(C)C)c1ccc(F)cc1. The molecule has 0 spiro atoms. The highest BCUT2D eigenvalue weighted by Gasteiger charge is 2.38. The Bertz CT molecular complexity index is 488. The summed E-state index contributed by atoms with van der Waals surface area (Å²) in [7, 11) is -1.80. The monoisotopic (exact) mass is 262 g/mol. The summed E-state index contributed by atoms with van der Waals surface area (Å²) in [5.74, 6) is -0.209. The minimum Gasteiger partial charge on any atom is -0.410 e. The molecule has 0 amide bonds. The molecule has 1 aliphatic rings. The average Bonchev–Trinajstić information content (AvgIpc) is 2.56. The summed E-state index contributed by atoms with van der Waals surface area (Å²) >= 11 is 0. The fourth-order valence-corrected chi connectivity index (χ4v) is 5.53. The predicted octanol–water partition coefficient (Wildman–Crippen LogP) is 4.32. The van der Waals surface area contributed by atoms with E-state index in [1.165, 1.54) is 17.3 Å². The van der Waals surface area contributed by atoms with Crippen LogP contribution in [0.15, 0.2) is 42.1 Å². The highest BCUT2D eigenvalue weighted by molar-refractivity contribution is 6.80. The molecule has 18 heavy (non-hydrogen) atoms. The smallest absolute Gasteiger partial charge is 0.215 e. The van der Waals surface area contributed by atoms with Crippen LogP contribution in [0.2, 0.25) is 13.1 Å². The van der Waals surface area contributed by atoms with Crippen molar-refractivity contribution in [1.29, 1.82) is 0 Å². The number of hydrogen-bond acceptors (Lipinski definition) is 1. The van der Waals surface area contributed by atoms with Crippen molar-refractivity contribution in [3.05, 3.63) is 53.5 Å². The van der Waals surface area contributed by atoms with Gasteiger partial charge in [0.25, 0.3) is 0 Å². The van der Waals surface area contributed by atoms with Gasteiger partial charge in [-0.25, -0.2) is 4.39 Å². The highest BCUT2D eigenvalue weighted by Crippen LogP contribution is 2.37. The number of hydrogen-bond donors (Lipinski definition) is 0. The molecule has 1 unspecified atom stereocenters. The second-order valence-corrected chi connectivity index (χ2v) is 9.11. The third-order valence-electron chi connectivity index (χ3n) is 3.40. The van der Waals surface area contributed by atoms with E-state index in [-0.39, 0.29) is 11.9 Å². The molecule has 1 aromatic carbocycles. The van der Waals surface area contributed by atoms with Crippen molar-refractivity contribution in [2.24, 2.45) is 0 Å². The third-order valence-corrected chi connectivity index (χ3v) is 6.32. The minimum absolute atomic E-state index is 0.209. The quantitative estimate of drug-likeness (QED) is 0.721. The lowest BCUT2D eigenvalue weighted by atomic mass is 10.0. The molecule has 0 aliphatic carbocycles. The lowest BCUT2D eigenvalue weighted by molar-refractivity contribution is 0.246. The molecule has 0 radical (unpaired) electrons. The second-order valence-electron chi connectivity index (χ2n) is 5.25. The first-order valence-corrected chi connectivity index (χ1v) is 9.14. The molecule has 1 aliphatic heterocycles. The van der Waals surface area contributed by atoms with Crippen molar-refractivity contribution < 1.29 is 8.82 Å². The molecule has 1 nitrogen and oxygen atoms in total. The Hall–Kier alpha value is -1.19. The van der Waals surface area contributed by atoms with Crippen molar-refractivity contribution in [3.63, 3.8) is 0 Å². The van der Waals surface area contributed by atoms with Crippen LogP contribution >= 0.6 is 0 Å². The fraction of sp³-hybridized carbons (Fsp3) is 0.333. The summed E-state index contributed by atoms with van der Waals surface area (Å²) in [6, 6.07) is 6.61. The molecular formula is C15H19FOSi. The molecule has 1 heterocycles. The first kappa shape index (κ1) is 13.2. The summed E-state index contributed by atoms with van der Waals surface area (Å²) in [6.45, 7) is 10.4.